The average Bonchev–Trinajstić information content (AvgIpc) is 3.29. The third kappa shape index (κ3) is 5.00. The summed E-state index contributed by atoms with van der Waals surface area (Å²) in [6.07, 6.45) is 3.93. The van der Waals surface area contributed by atoms with Crippen molar-refractivity contribution in [1.29, 1.82) is 0 Å². The molecule has 1 N–H and O–H groups in total. The van der Waals surface area contributed by atoms with Crippen molar-refractivity contribution in [2.45, 2.75) is 6.92 Å². The van der Waals surface area contributed by atoms with Crippen molar-refractivity contribution >= 4 is 17.5 Å². The van der Waals surface area contributed by atoms with Gasteiger partial charge in [-0.2, -0.15) is 0 Å². The van der Waals surface area contributed by atoms with Crippen molar-refractivity contribution in [3.63, 3.8) is 0 Å². The number of amides is 2. The van der Waals surface area contributed by atoms with Crippen LogP contribution >= 0.6 is 0 Å². The van der Waals surface area contributed by atoms with Crippen LogP contribution in [0.25, 0.3) is 5.69 Å². The van der Waals surface area contributed by atoms with Gasteiger partial charge in [0.05, 0.1) is 6.54 Å². The van der Waals surface area contributed by atoms with E-state index in [1.54, 1.807) is 12.1 Å². The topological polar surface area (TPSA) is 57.6 Å². The molecule has 6 nitrogen and oxygen atoms in total. The maximum absolute atomic E-state index is 13.3. The number of aromatic nitrogens is 1. The first kappa shape index (κ1) is 20.8. The van der Waals surface area contributed by atoms with Crippen molar-refractivity contribution < 1.29 is 14.0 Å². The van der Waals surface area contributed by atoms with Crippen LogP contribution in [0.2, 0.25) is 0 Å². The van der Waals surface area contributed by atoms with Crippen LogP contribution in [-0.4, -0.2) is 58.9 Å². The van der Waals surface area contributed by atoms with Crippen LogP contribution in [0.1, 0.15) is 15.9 Å². The van der Waals surface area contributed by atoms with E-state index in [0.717, 1.165) is 11.3 Å². The molecule has 2 heterocycles. The van der Waals surface area contributed by atoms with E-state index < -0.39 is 0 Å². The molecule has 1 aliphatic rings. The predicted octanol–water partition coefficient (Wildman–Crippen LogP) is 3.32. The van der Waals surface area contributed by atoms with Gasteiger partial charge in [-0.25, -0.2) is 4.39 Å². The molecule has 0 bridgehead atoms. The number of carbonyl (C=O) groups excluding carboxylic acids is 2. The van der Waals surface area contributed by atoms with Crippen LogP contribution in [0.4, 0.5) is 10.1 Å². The zero-order chi connectivity index (χ0) is 21.8. The Hall–Kier alpha value is -3.45. The van der Waals surface area contributed by atoms with Crippen molar-refractivity contribution in [3.05, 3.63) is 83.9 Å². The Bertz CT molecular complexity index is 1070. The fraction of sp³-hybridized carbons (Fsp3) is 0.250. The zero-order valence-corrected chi connectivity index (χ0v) is 17.4. The van der Waals surface area contributed by atoms with Crippen LogP contribution in [0, 0.1) is 12.7 Å². The first-order valence-electron chi connectivity index (χ1n) is 10.3. The molecule has 0 saturated carbocycles. The second-order valence-electron chi connectivity index (χ2n) is 7.72. The molecule has 0 radical (unpaired) electrons. The van der Waals surface area contributed by atoms with Gasteiger partial charge in [-0.3, -0.25) is 14.5 Å². The van der Waals surface area contributed by atoms with Crippen LogP contribution in [0.5, 0.6) is 0 Å². The number of hydrogen-bond acceptors (Lipinski definition) is 3. The van der Waals surface area contributed by atoms with Gasteiger partial charge >= 0.3 is 0 Å². The molecule has 1 aliphatic heterocycles. The lowest BCUT2D eigenvalue weighted by Crippen LogP contribution is -2.50. The summed E-state index contributed by atoms with van der Waals surface area (Å²) in [4.78, 5) is 29.1. The summed E-state index contributed by atoms with van der Waals surface area (Å²) in [5, 5.41) is 2.71. The number of benzene rings is 2. The third-order valence-electron chi connectivity index (χ3n) is 5.47. The van der Waals surface area contributed by atoms with E-state index in [9.17, 15) is 14.0 Å². The van der Waals surface area contributed by atoms with E-state index in [0.29, 0.717) is 37.4 Å². The Morgan fingerprint density at radius 2 is 1.71 bits per heavy atom. The number of aryl methyl sites for hydroxylation is 1. The minimum atomic E-state index is -0.388. The van der Waals surface area contributed by atoms with Crippen LogP contribution in [0.15, 0.2) is 67.0 Å². The standard InChI is InChI=1S/C24H25FN4O2/c1-18-7-8-19(15-22(18)28-9-2-3-10-28)24(31)29-13-11-27(12-14-29)17-23(30)26-21-6-4-5-20(25)16-21/h2-10,15-16H,11-14,17H2,1H3,(H,26,30). The monoisotopic (exact) mass is 420 g/mol. The molecule has 1 fully saturated rings. The highest BCUT2D eigenvalue weighted by atomic mass is 19.1. The van der Waals surface area contributed by atoms with Crippen molar-refractivity contribution in [1.82, 2.24) is 14.4 Å². The Labute approximate surface area is 180 Å². The lowest BCUT2D eigenvalue weighted by molar-refractivity contribution is -0.117. The number of halogens is 1. The summed E-state index contributed by atoms with van der Waals surface area (Å²) in [6, 6.07) is 15.5. The third-order valence-corrected chi connectivity index (χ3v) is 5.47. The Balaban J connectivity index is 1.33. The molecule has 0 aliphatic carbocycles. The van der Waals surface area contributed by atoms with Gasteiger partial charge in [-0.1, -0.05) is 12.1 Å². The predicted molar refractivity (Wildman–Crippen MR) is 118 cm³/mol. The summed E-state index contributed by atoms with van der Waals surface area (Å²) < 4.78 is 15.3. The van der Waals surface area contributed by atoms with Gasteiger partial charge in [0.15, 0.2) is 0 Å². The molecule has 3 aromatic rings. The van der Waals surface area contributed by atoms with Crippen LogP contribution in [0.3, 0.4) is 0 Å². The molecular formula is C24H25FN4O2. The van der Waals surface area contributed by atoms with Crippen molar-refractivity contribution in [2.24, 2.45) is 0 Å². The molecule has 0 spiro atoms. The van der Waals surface area contributed by atoms with Gasteiger partial charge in [-0.05, 0) is 55.0 Å². The first-order chi connectivity index (χ1) is 15.0. The summed E-state index contributed by atoms with van der Waals surface area (Å²) >= 11 is 0. The van der Waals surface area contributed by atoms with Gasteiger partial charge < -0.3 is 14.8 Å². The average molecular weight is 420 g/mol. The summed E-state index contributed by atoms with van der Waals surface area (Å²) in [7, 11) is 0. The highest BCUT2D eigenvalue weighted by Gasteiger charge is 2.24. The fourth-order valence-electron chi connectivity index (χ4n) is 3.78. The number of piperazine rings is 1. The fourth-order valence-corrected chi connectivity index (χ4v) is 3.78. The smallest absolute Gasteiger partial charge is 0.254 e. The number of hydrogen-bond donors (Lipinski definition) is 1. The molecule has 1 aromatic heterocycles. The van der Waals surface area contributed by atoms with E-state index in [1.165, 1.54) is 12.1 Å². The van der Waals surface area contributed by atoms with Crippen LogP contribution in [-0.2, 0) is 4.79 Å². The molecule has 7 heteroatoms. The van der Waals surface area contributed by atoms with Crippen LogP contribution < -0.4 is 5.32 Å². The maximum atomic E-state index is 13.3. The van der Waals surface area contributed by atoms with Crippen molar-refractivity contribution in [3.8, 4) is 5.69 Å². The van der Waals surface area contributed by atoms with E-state index in [4.69, 9.17) is 0 Å². The molecule has 31 heavy (non-hydrogen) atoms. The van der Waals surface area contributed by atoms with Gasteiger partial charge in [0, 0.05) is 55.5 Å². The van der Waals surface area contributed by atoms with Crippen molar-refractivity contribution in [2.75, 3.05) is 38.0 Å². The van der Waals surface area contributed by atoms with E-state index in [1.807, 2.05) is 64.0 Å². The molecule has 4 rings (SSSR count). The zero-order valence-electron chi connectivity index (χ0n) is 17.4. The number of nitrogens with zero attached hydrogens (tertiary/aromatic N) is 3. The van der Waals surface area contributed by atoms with E-state index in [-0.39, 0.29) is 24.2 Å². The molecule has 2 aromatic carbocycles. The molecule has 2 amide bonds. The van der Waals surface area contributed by atoms with Gasteiger partial charge in [-0.15, -0.1) is 0 Å². The summed E-state index contributed by atoms with van der Waals surface area (Å²) in [5.74, 6) is -0.585. The number of rotatable bonds is 5. The molecule has 0 unspecified atom stereocenters. The number of carbonyl (C=O) groups is 2. The molecule has 160 valence electrons. The van der Waals surface area contributed by atoms with E-state index in [2.05, 4.69) is 5.32 Å². The van der Waals surface area contributed by atoms with Gasteiger partial charge in [0.2, 0.25) is 5.91 Å². The largest absolute Gasteiger partial charge is 0.336 e. The van der Waals surface area contributed by atoms with E-state index >= 15 is 0 Å². The SMILES string of the molecule is Cc1ccc(C(=O)N2CCN(CC(=O)Nc3cccc(F)c3)CC2)cc1-n1cccc1. The first-order valence-corrected chi connectivity index (χ1v) is 10.3. The second-order valence-corrected chi connectivity index (χ2v) is 7.72. The minimum absolute atomic E-state index is 0.00253. The highest BCUT2D eigenvalue weighted by Crippen LogP contribution is 2.18. The van der Waals surface area contributed by atoms with Gasteiger partial charge in [0.1, 0.15) is 5.82 Å². The van der Waals surface area contributed by atoms with Gasteiger partial charge in [0.25, 0.3) is 5.91 Å². The number of anilines is 1. The molecule has 1 saturated heterocycles. The summed E-state index contributed by atoms with van der Waals surface area (Å²) in [6.45, 7) is 4.56. The Morgan fingerprint density at radius 3 is 2.42 bits per heavy atom. The Kier molecular flexibility index (Phi) is 6.13. The lowest BCUT2D eigenvalue weighted by Gasteiger charge is -2.34. The Morgan fingerprint density at radius 1 is 0.968 bits per heavy atom. The summed E-state index contributed by atoms with van der Waals surface area (Å²) in [5.41, 5.74) is 3.19. The minimum Gasteiger partial charge on any atom is -0.336 e. The molecule has 0 atom stereocenters. The second kappa shape index (κ2) is 9.14. The molecular weight excluding hydrogens is 395 g/mol. The normalized spacial score (nSPS) is 14.5. The number of nitrogens with one attached hydrogen (secondary N) is 1. The highest BCUT2D eigenvalue weighted by molar-refractivity contribution is 5.95. The maximum Gasteiger partial charge on any atom is 0.254 e. The quantitative estimate of drug-likeness (QED) is 0.689. The lowest BCUT2D eigenvalue weighted by atomic mass is 10.1.